The van der Waals surface area contributed by atoms with Gasteiger partial charge in [-0.05, 0) is 31.2 Å². The fourth-order valence-electron chi connectivity index (χ4n) is 1.65. The third kappa shape index (κ3) is 3.45. The predicted molar refractivity (Wildman–Crippen MR) is 73.3 cm³/mol. The van der Waals surface area contributed by atoms with Gasteiger partial charge in [-0.15, -0.1) is 10.2 Å². The number of nitrogens with zero attached hydrogens (tertiary/aromatic N) is 2. The van der Waals surface area contributed by atoms with Crippen molar-refractivity contribution in [3.8, 4) is 17.2 Å². The first-order valence-corrected chi connectivity index (χ1v) is 6.49. The molecular weight excluding hydrogens is 266 g/mol. The first-order chi connectivity index (χ1) is 9.24. The minimum Gasteiger partial charge on any atom is -0.496 e. The van der Waals surface area contributed by atoms with Crippen LogP contribution in [0.5, 0.6) is 5.75 Å². The number of hydrogen-bond donors (Lipinski definition) is 1. The maximum absolute atomic E-state index is 5.92. The van der Waals surface area contributed by atoms with Gasteiger partial charge in [0.05, 0.1) is 19.2 Å². The summed E-state index contributed by atoms with van der Waals surface area (Å²) in [5.74, 6) is 1.60. The van der Waals surface area contributed by atoms with Gasteiger partial charge in [0.1, 0.15) is 5.75 Å². The Kier molecular flexibility index (Phi) is 4.76. The fourth-order valence-corrected chi connectivity index (χ4v) is 1.81. The van der Waals surface area contributed by atoms with E-state index in [2.05, 4.69) is 22.4 Å². The summed E-state index contributed by atoms with van der Waals surface area (Å²) >= 11 is 5.92. The van der Waals surface area contributed by atoms with Gasteiger partial charge in [0.2, 0.25) is 5.89 Å². The second-order valence-corrected chi connectivity index (χ2v) is 4.46. The molecule has 1 N–H and O–H groups in total. The number of nitrogens with one attached hydrogen (secondary N) is 1. The van der Waals surface area contributed by atoms with Crippen molar-refractivity contribution in [2.24, 2.45) is 0 Å². The second-order valence-electron chi connectivity index (χ2n) is 4.02. The fraction of sp³-hybridized carbons (Fsp3) is 0.385. The maximum atomic E-state index is 5.92. The lowest BCUT2D eigenvalue weighted by molar-refractivity contribution is 0.413. The molecule has 0 radical (unpaired) electrons. The highest BCUT2D eigenvalue weighted by Crippen LogP contribution is 2.31. The van der Waals surface area contributed by atoms with Crippen LogP contribution in [0.4, 0.5) is 0 Å². The van der Waals surface area contributed by atoms with Crippen LogP contribution < -0.4 is 10.1 Å². The number of benzene rings is 1. The number of halogens is 1. The Morgan fingerprint density at radius 2 is 2.21 bits per heavy atom. The molecule has 19 heavy (non-hydrogen) atoms. The summed E-state index contributed by atoms with van der Waals surface area (Å²) in [5.41, 5.74) is 0.737. The van der Waals surface area contributed by atoms with E-state index in [1.54, 1.807) is 25.3 Å². The van der Waals surface area contributed by atoms with Gasteiger partial charge in [-0.3, -0.25) is 0 Å². The molecule has 0 atom stereocenters. The van der Waals surface area contributed by atoms with E-state index in [9.17, 15) is 0 Å². The van der Waals surface area contributed by atoms with Crippen molar-refractivity contribution in [3.63, 3.8) is 0 Å². The Morgan fingerprint density at radius 1 is 1.37 bits per heavy atom. The minimum atomic E-state index is 0.432. The SMILES string of the molecule is CCCNCc1nnc(-c2ccc(Cl)cc2OC)o1. The van der Waals surface area contributed by atoms with Crippen LogP contribution in [0.2, 0.25) is 5.02 Å². The van der Waals surface area contributed by atoms with E-state index in [1.165, 1.54) is 0 Å². The molecule has 0 aliphatic heterocycles. The number of ether oxygens (including phenoxy) is 1. The second kappa shape index (κ2) is 6.54. The summed E-state index contributed by atoms with van der Waals surface area (Å²) in [6.45, 7) is 3.59. The van der Waals surface area contributed by atoms with Gasteiger partial charge in [-0.1, -0.05) is 18.5 Å². The van der Waals surface area contributed by atoms with Crippen LogP contribution in [0, 0.1) is 0 Å². The first kappa shape index (κ1) is 13.8. The lowest BCUT2D eigenvalue weighted by Gasteiger charge is -2.04. The van der Waals surface area contributed by atoms with Crippen molar-refractivity contribution < 1.29 is 9.15 Å². The van der Waals surface area contributed by atoms with Gasteiger partial charge in [0.15, 0.2) is 0 Å². The molecule has 2 rings (SSSR count). The largest absolute Gasteiger partial charge is 0.496 e. The quantitative estimate of drug-likeness (QED) is 0.825. The highest BCUT2D eigenvalue weighted by molar-refractivity contribution is 6.30. The Labute approximate surface area is 116 Å². The van der Waals surface area contributed by atoms with Crippen molar-refractivity contribution in [3.05, 3.63) is 29.1 Å². The zero-order valence-electron chi connectivity index (χ0n) is 10.9. The molecule has 6 heteroatoms. The molecular formula is C13H16ClN3O2. The predicted octanol–water partition coefficient (Wildman–Crippen LogP) is 2.90. The summed E-state index contributed by atoms with van der Waals surface area (Å²) in [7, 11) is 1.58. The third-order valence-corrected chi connectivity index (χ3v) is 2.80. The standard InChI is InChI=1S/C13H16ClN3O2/c1-3-6-15-8-12-16-17-13(19-12)10-5-4-9(14)7-11(10)18-2/h4-5,7,15H,3,6,8H2,1-2H3. The van der Waals surface area contributed by atoms with E-state index in [0.717, 1.165) is 18.5 Å². The lowest BCUT2D eigenvalue weighted by atomic mass is 10.2. The summed E-state index contributed by atoms with van der Waals surface area (Å²) in [5, 5.41) is 11.8. The number of rotatable bonds is 6. The average molecular weight is 282 g/mol. The van der Waals surface area contributed by atoms with E-state index < -0.39 is 0 Å². The van der Waals surface area contributed by atoms with E-state index in [1.807, 2.05) is 0 Å². The van der Waals surface area contributed by atoms with Gasteiger partial charge in [-0.2, -0.15) is 0 Å². The van der Waals surface area contributed by atoms with Crippen LogP contribution in [0.1, 0.15) is 19.2 Å². The monoisotopic (exact) mass is 281 g/mol. The van der Waals surface area contributed by atoms with Crippen molar-refractivity contribution in [1.82, 2.24) is 15.5 Å². The van der Waals surface area contributed by atoms with Crippen LogP contribution in [0.3, 0.4) is 0 Å². The summed E-state index contributed by atoms with van der Waals surface area (Å²) in [6.07, 6.45) is 1.06. The molecule has 5 nitrogen and oxygen atoms in total. The summed E-state index contributed by atoms with van der Waals surface area (Å²) in [6, 6.07) is 5.28. The number of aromatic nitrogens is 2. The molecule has 0 amide bonds. The van der Waals surface area contributed by atoms with Gasteiger partial charge in [0.25, 0.3) is 5.89 Å². The zero-order chi connectivity index (χ0) is 13.7. The average Bonchev–Trinajstić information content (AvgIpc) is 2.87. The molecule has 0 aliphatic rings. The Balaban J connectivity index is 2.18. The molecule has 0 bridgehead atoms. The molecule has 0 spiro atoms. The lowest BCUT2D eigenvalue weighted by Crippen LogP contribution is -2.13. The molecule has 0 saturated carbocycles. The topological polar surface area (TPSA) is 60.2 Å². The normalized spacial score (nSPS) is 10.7. The van der Waals surface area contributed by atoms with Gasteiger partial charge >= 0.3 is 0 Å². The van der Waals surface area contributed by atoms with E-state index in [4.69, 9.17) is 20.8 Å². The van der Waals surface area contributed by atoms with Gasteiger partial charge in [-0.25, -0.2) is 0 Å². The van der Waals surface area contributed by atoms with Crippen LogP contribution in [-0.2, 0) is 6.54 Å². The highest BCUT2D eigenvalue weighted by atomic mass is 35.5. The van der Waals surface area contributed by atoms with Crippen molar-refractivity contribution >= 4 is 11.6 Å². The minimum absolute atomic E-state index is 0.432. The Morgan fingerprint density at radius 3 is 2.95 bits per heavy atom. The van der Waals surface area contributed by atoms with Crippen LogP contribution in [-0.4, -0.2) is 23.9 Å². The zero-order valence-corrected chi connectivity index (χ0v) is 11.7. The van der Waals surface area contributed by atoms with Crippen molar-refractivity contribution in [1.29, 1.82) is 0 Å². The summed E-state index contributed by atoms with van der Waals surface area (Å²) < 4.78 is 10.9. The van der Waals surface area contributed by atoms with E-state index in [-0.39, 0.29) is 0 Å². The Bertz CT molecular complexity index is 542. The van der Waals surface area contributed by atoms with Gasteiger partial charge < -0.3 is 14.5 Å². The molecule has 0 unspecified atom stereocenters. The first-order valence-electron chi connectivity index (χ1n) is 6.11. The molecule has 2 aromatic rings. The number of hydrogen-bond acceptors (Lipinski definition) is 5. The highest BCUT2D eigenvalue weighted by Gasteiger charge is 2.13. The molecule has 1 aromatic carbocycles. The molecule has 0 aliphatic carbocycles. The third-order valence-electron chi connectivity index (χ3n) is 2.56. The Hall–Kier alpha value is -1.59. The van der Waals surface area contributed by atoms with Crippen molar-refractivity contribution in [2.45, 2.75) is 19.9 Å². The van der Waals surface area contributed by atoms with Crippen LogP contribution in [0.15, 0.2) is 22.6 Å². The van der Waals surface area contributed by atoms with Crippen molar-refractivity contribution in [2.75, 3.05) is 13.7 Å². The van der Waals surface area contributed by atoms with Gasteiger partial charge in [0, 0.05) is 5.02 Å². The summed E-state index contributed by atoms with van der Waals surface area (Å²) in [4.78, 5) is 0. The molecule has 0 fully saturated rings. The molecule has 0 saturated heterocycles. The van der Waals surface area contributed by atoms with E-state index in [0.29, 0.717) is 29.1 Å². The van der Waals surface area contributed by atoms with Crippen LogP contribution in [0.25, 0.3) is 11.5 Å². The molecule has 1 heterocycles. The molecule has 1 aromatic heterocycles. The number of methoxy groups -OCH3 is 1. The van der Waals surface area contributed by atoms with E-state index >= 15 is 0 Å². The molecule has 102 valence electrons. The maximum Gasteiger partial charge on any atom is 0.251 e. The smallest absolute Gasteiger partial charge is 0.251 e. The van der Waals surface area contributed by atoms with Crippen LogP contribution >= 0.6 is 11.6 Å².